The van der Waals surface area contributed by atoms with Crippen LogP contribution in [0.4, 0.5) is 4.79 Å². The average Bonchev–Trinajstić information content (AvgIpc) is 2.97. The molecular weight excluding hydrogens is 348 g/mol. The zero-order chi connectivity index (χ0) is 18.7. The monoisotopic (exact) mass is 372 g/mol. The van der Waals surface area contributed by atoms with Gasteiger partial charge in [0.2, 0.25) is 5.91 Å². The number of amides is 3. The van der Waals surface area contributed by atoms with Crippen molar-refractivity contribution in [2.24, 2.45) is 11.7 Å². The normalized spacial score (nSPS) is 14.7. The van der Waals surface area contributed by atoms with Gasteiger partial charge in [0.05, 0.1) is 10.9 Å². The van der Waals surface area contributed by atoms with Crippen molar-refractivity contribution in [1.82, 2.24) is 14.9 Å². The van der Waals surface area contributed by atoms with Gasteiger partial charge in [0, 0.05) is 11.4 Å². The number of imide groups is 1. The Bertz CT molecular complexity index is 801. The zero-order valence-corrected chi connectivity index (χ0v) is 15.9. The molecule has 1 aliphatic carbocycles. The van der Waals surface area contributed by atoms with Crippen LogP contribution in [0, 0.1) is 5.92 Å². The maximum absolute atomic E-state index is 12.4. The third kappa shape index (κ3) is 3.93. The summed E-state index contributed by atoms with van der Waals surface area (Å²) in [6.45, 7) is 3.90. The van der Waals surface area contributed by atoms with Crippen molar-refractivity contribution in [3.63, 3.8) is 0 Å². The van der Waals surface area contributed by atoms with Crippen molar-refractivity contribution in [1.29, 1.82) is 0 Å². The number of imidazole rings is 1. The van der Waals surface area contributed by atoms with Gasteiger partial charge >= 0.3 is 6.03 Å². The van der Waals surface area contributed by atoms with Gasteiger partial charge in [-0.15, -0.1) is 0 Å². The van der Waals surface area contributed by atoms with E-state index in [4.69, 9.17) is 10.7 Å². The predicted octanol–water partition coefficient (Wildman–Crippen LogP) is 3.06. The summed E-state index contributed by atoms with van der Waals surface area (Å²) >= 11 is 1.39. The number of thioether (sulfide) groups is 1. The number of primary amides is 1. The number of nitrogens with zero attached hydrogens (tertiary/aromatic N) is 2. The fraction of sp³-hybridized carbons (Fsp3) is 0.421. The number of aryl methyl sites for hydroxylation is 1. The molecule has 0 bridgehead atoms. The van der Waals surface area contributed by atoms with Crippen LogP contribution in [0.25, 0.3) is 5.69 Å². The Labute approximate surface area is 157 Å². The van der Waals surface area contributed by atoms with Gasteiger partial charge in [-0.1, -0.05) is 43.8 Å². The molecule has 26 heavy (non-hydrogen) atoms. The molecule has 0 aliphatic heterocycles. The Morgan fingerprint density at radius 1 is 1.19 bits per heavy atom. The number of carbonyl (C=O) groups excluding carboxylic acids is 2. The fourth-order valence-electron chi connectivity index (χ4n) is 3.24. The molecule has 0 saturated carbocycles. The van der Waals surface area contributed by atoms with E-state index in [9.17, 15) is 9.59 Å². The Kier molecular flexibility index (Phi) is 5.66. The van der Waals surface area contributed by atoms with Crippen molar-refractivity contribution in [3.05, 3.63) is 41.7 Å². The Hall–Kier alpha value is -2.28. The van der Waals surface area contributed by atoms with E-state index in [2.05, 4.69) is 22.0 Å². The third-order valence-electron chi connectivity index (χ3n) is 4.46. The first-order valence-corrected chi connectivity index (χ1v) is 9.78. The number of rotatable bonds is 5. The number of aromatic nitrogens is 2. The van der Waals surface area contributed by atoms with Crippen molar-refractivity contribution in [2.75, 3.05) is 0 Å². The van der Waals surface area contributed by atoms with Crippen LogP contribution in [0.5, 0.6) is 0 Å². The second-order valence-corrected chi connectivity index (χ2v) is 7.91. The van der Waals surface area contributed by atoms with Crippen LogP contribution in [0.2, 0.25) is 0 Å². The second kappa shape index (κ2) is 7.95. The van der Waals surface area contributed by atoms with Gasteiger partial charge in [0.25, 0.3) is 0 Å². The van der Waals surface area contributed by atoms with Crippen LogP contribution in [0.1, 0.15) is 38.1 Å². The van der Waals surface area contributed by atoms with Crippen molar-refractivity contribution in [2.45, 2.75) is 49.9 Å². The maximum atomic E-state index is 12.4. The molecule has 0 fully saturated rings. The van der Waals surface area contributed by atoms with E-state index in [0.717, 1.165) is 42.2 Å². The average molecular weight is 372 g/mol. The highest BCUT2D eigenvalue weighted by molar-refractivity contribution is 8.00. The molecule has 1 aromatic carbocycles. The first-order valence-electron chi connectivity index (χ1n) is 8.90. The highest BCUT2D eigenvalue weighted by Crippen LogP contribution is 2.34. The quantitative estimate of drug-likeness (QED) is 0.789. The molecule has 1 unspecified atom stereocenters. The number of hydrogen-bond donors (Lipinski definition) is 2. The van der Waals surface area contributed by atoms with Gasteiger partial charge in [0.1, 0.15) is 0 Å². The van der Waals surface area contributed by atoms with E-state index in [1.165, 1.54) is 17.5 Å². The summed E-state index contributed by atoms with van der Waals surface area (Å²) in [5.41, 5.74) is 8.51. The van der Waals surface area contributed by atoms with E-state index >= 15 is 0 Å². The largest absolute Gasteiger partial charge is 0.351 e. The van der Waals surface area contributed by atoms with Crippen LogP contribution in [0.3, 0.4) is 0 Å². The Balaban J connectivity index is 1.99. The summed E-state index contributed by atoms with van der Waals surface area (Å²) in [5.74, 6) is -0.351. The molecule has 7 heteroatoms. The molecule has 1 atom stereocenters. The van der Waals surface area contributed by atoms with Crippen LogP contribution in [-0.2, 0) is 17.6 Å². The highest BCUT2D eigenvalue weighted by Gasteiger charge is 2.29. The number of nitrogens with two attached hydrogens (primary N) is 1. The van der Waals surface area contributed by atoms with E-state index in [-0.39, 0.29) is 11.8 Å². The van der Waals surface area contributed by atoms with E-state index in [1.54, 1.807) is 0 Å². The molecule has 1 aliphatic rings. The third-order valence-corrected chi connectivity index (χ3v) is 5.96. The Morgan fingerprint density at radius 2 is 1.88 bits per heavy atom. The zero-order valence-electron chi connectivity index (χ0n) is 15.1. The molecule has 2 aromatic rings. The molecule has 1 heterocycles. The molecule has 3 rings (SSSR count). The van der Waals surface area contributed by atoms with Crippen LogP contribution in [-0.4, -0.2) is 26.7 Å². The van der Waals surface area contributed by atoms with E-state index in [1.807, 2.05) is 32.0 Å². The van der Waals surface area contributed by atoms with Gasteiger partial charge in [-0.25, -0.2) is 9.78 Å². The Morgan fingerprint density at radius 3 is 2.54 bits per heavy atom. The maximum Gasteiger partial charge on any atom is 0.318 e. The molecule has 6 nitrogen and oxygen atoms in total. The summed E-state index contributed by atoms with van der Waals surface area (Å²) in [5, 5.41) is 2.55. The number of nitrogens with one attached hydrogen (secondary N) is 1. The van der Waals surface area contributed by atoms with E-state index in [0.29, 0.717) is 0 Å². The predicted molar refractivity (Wildman–Crippen MR) is 102 cm³/mol. The topological polar surface area (TPSA) is 90.0 Å². The van der Waals surface area contributed by atoms with Gasteiger partial charge in [0.15, 0.2) is 5.16 Å². The van der Waals surface area contributed by atoms with Gasteiger partial charge in [-0.2, -0.15) is 0 Å². The standard InChI is InChI=1S/C19H24N4O2S/c1-12(2)16(17(24)22-18(20)25)26-19-21-14-10-6-7-11-15(14)23(19)13-8-4-3-5-9-13/h3-5,8-9,12,16H,6-7,10-11H2,1-2H3,(H3,20,22,24,25). The minimum atomic E-state index is -0.827. The highest BCUT2D eigenvalue weighted by atomic mass is 32.2. The van der Waals surface area contributed by atoms with Crippen molar-refractivity contribution >= 4 is 23.7 Å². The SMILES string of the molecule is CC(C)C(Sc1nc2c(n1-c1ccccc1)CCCC2)C(=O)NC(N)=O. The number of benzene rings is 1. The minimum Gasteiger partial charge on any atom is -0.351 e. The number of urea groups is 1. The lowest BCUT2D eigenvalue weighted by molar-refractivity contribution is -0.120. The van der Waals surface area contributed by atoms with Crippen LogP contribution < -0.4 is 11.1 Å². The minimum absolute atomic E-state index is 0.0253. The summed E-state index contributed by atoms with van der Waals surface area (Å²) in [7, 11) is 0. The number of carbonyl (C=O) groups is 2. The molecule has 3 amide bonds. The first kappa shape index (κ1) is 18.5. The van der Waals surface area contributed by atoms with Gasteiger partial charge in [-0.3, -0.25) is 14.7 Å². The van der Waals surface area contributed by atoms with Crippen LogP contribution >= 0.6 is 11.8 Å². The number of hydrogen-bond acceptors (Lipinski definition) is 4. The lowest BCUT2D eigenvalue weighted by Gasteiger charge is -2.20. The molecule has 1 aromatic heterocycles. The lowest BCUT2D eigenvalue weighted by atomic mass is 10.0. The molecule has 138 valence electrons. The summed E-state index contributed by atoms with van der Waals surface area (Å²) in [6.07, 6.45) is 4.23. The molecule has 0 radical (unpaired) electrons. The molecular formula is C19H24N4O2S. The fourth-order valence-corrected chi connectivity index (χ4v) is 4.39. The van der Waals surface area contributed by atoms with Crippen molar-refractivity contribution in [3.8, 4) is 5.69 Å². The lowest BCUT2D eigenvalue weighted by Crippen LogP contribution is -2.42. The van der Waals surface area contributed by atoms with Gasteiger partial charge < -0.3 is 5.73 Å². The number of para-hydroxylation sites is 1. The summed E-state index contributed by atoms with van der Waals surface area (Å²) in [6, 6.07) is 9.25. The van der Waals surface area contributed by atoms with E-state index < -0.39 is 11.3 Å². The molecule has 0 saturated heterocycles. The molecule has 0 spiro atoms. The van der Waals surface area contributed by atoms with Crippen molar-refractivity contribution < 1.29 is 9.59 Å². The summed E-state index contributed by atoms with van der Waals surface area (Å²) < 4.78 is 2.16. The smallest absolute Gasteiger partial charge is 0.318 e. The first-order chi connectivity index (χ1) is 12.5. The second-order valence-electron chi connectivity index (χ2n) is 6.80. The van der Waals surface area contributed by atoms with Gasteiger partial charge in [-0.05, 0) is 43.7 Å². The van der Waals surface area contributed by atoms with Crippen LogP contribution in [0.15, 0.2) is 35.5 Å². The number of fused-ring (bicyclic) bond motifs is 1. The molecule has 3 N–H and O–H groups in total. The summed E-state index contributed by atoms with van der Waals surface area (Å²) in [4.78, 5) is 28.4.